The molecule has 0 aromatic carbocycles. The van der Waals surface area contributed by atoms with Crippen LogP contribution in [0.4, 0.5) is 0 Å². The minimum absolute atomic E-state index is 0.0771. The Hall–Kier alpha value is -0.0800. The van der Waals surface area contributed by atoms with Gasteiger partial charge in [-0.25, -0.2) is 0 Å². The predicted molar refractivity (Wildman–Crippen MR) is 41.9 cm³/mol. The first-order chi connectivity index (χ1) is 4.77. The van der Waals surface area contributed by atoms with Crippen molar-refractivity contribution in [2.24, 2.45) is 5.73 Å². The van der Waals surface area contributed by atoms with Gasteiger partial charge in [-0.15, -0.1) is 0 Å². The Morgan fingerprint density at radius 2 is 2.20 bits per heavy atom. The minimum Gasteiger partial charge on any atom is -0.380 e. The number of nitrogens with two attached hydrogens (primary N) is 1. The molecule has 1 saturated carbocycles. The molecule has 10 heavy (non-hydrogen) atoms. The molecule has 0 amide bonds. The molecule has 0 bridgehead atoms. The van der Waals surface area contributed by atoms with E-state index in [1.807, 2.05) is 0 Å². The monoisotopic (exact) mass is 143 g/mol. The Bertz CT molecular complexity index is 99.4. The van der Waals surface area contributed by atoms with Crippen LogP contribution in [0.1, 0.15) is 32.6 Å². The summed E-state index contributed by atoms with van der Waals surface area (Å²) >= 11 is 0. The summed E-state index contributed by atoms with van der Waals surface area (Å²) in [7, 11) is 0. The molecule has 0 spiro atoms. The van der Waals surface area contributed by atoms with Crippen LogP contribution in [0.15, 0.2) is 0 Å². The largest absolute Gasteiger partial charge is 0.380 e. The Morgan fingerprint density at radius 1 is 1.50 bits per heavy atom. The Morgan fingerprint density at radius 3 is 2.70 bits per heavy atom. The number of hydrogen-bond donors (Lipinski definition) is 1. The van der Waals surface area contributed by atoms with Gasteiger partial charge in [0.25, 0.3) is 0 Å². The average molecular weight is 143 g/mol. The normalized spacial score (nSPS) is 21.0. The lowest BCUT2D eigenvalue weighted by Gasteiger charge is -2.08. The molecule has 0 aliphatic heterocycles. The van der Waals surface area contributed by atoms with Gasteiger partial charge < -0.3 is 10.5 Å². The molecule has 2 N–H and O–H groups in total. The fourth-order valence-electron chi connectivity index (χ4n) is 0.827. The van der Waals surface area contributed by atoms with Crippen LogP contribution in [0.25, 0.3) is 0 Å². The second kappa shape index (κ2) is 3.35. The second-order valence-corrected chi connectivity index (χ2v) is 3.27. The highest BCUT2D eigenvalue weighted by atomic mass is 16.5. The zero-order chi connectivity index (χ0) is 7.45. The first-order valence-corrected chi connectivity index (χ1v) is 4.13. The molecule has 2 heteroatoms. The fourth-order valence-corrected chi connectivity index (χ4v) is 0.827. The predicted octanol–water partition coefficient (Wildman–Crippen LogP) is 1.29. The molecule has 1 fully saturated rings. The smallest absolute Gasteiger partial charge is 0.0646 e. The van der Waals surface area contributed by atoms with E-state index in [1.165, 1.54) is 6.42 Å². The van der Waals surface area contributed by atoms with Crippen LogP contribution in [0, 0.1) is 0 Å². The molecule has 0 saturated heterocycles. The molecule has 0 aromatic heterocycles. The molecule has 2 nitrogen and oxygen atoms in total. The maximum Gasteiger partial charge on any atom is 0.0646 e. The van der Waals surface area contributed by atoms with Crippen molar-refractivity contribution in [3.05, 3.63) is 0 Å². The zero-order valence-corrected chi connectivity index (χ0v) is 6.73. The van der Waals surface area contributed by atoms with E-state index in [0.29, 0.717) is 0 Å². The summed E-state index contributed by atoms with van der Waals surface area (Å²) in [5, 5.41) is 0. The standard InChI is InChI=1S/C8H17NO/c1-2-3-6-10-7-8(9)4-5-8/h2-7,9H2,1H3. The summed E-state index contributed by atoms with van der Waals surface area (Å²) in [4.78, 5) is 0. The van der Waals surface area contributed by atoms with Crippen molar-refractivity contribution in [2.75, 3.05) is 13.2 Å². The highest BCUT2D eigenvalue weighted by molar-refractivity contribution is 4.98. The molecule has 0 heterocycles. The van der Waals surface area contributed by atoms with Gasteiger partial charge in [0.1, 0.15) is 0 Å². The molecule has 0 unspecified atom stereocenters. The van der Waals surface area contributed by atoms with Crippen molar-refractivity contribution in [3.63, 3.8) is 0 Å². The topological polar surface area (TPSA) is 35.2 Å². The summed E-state index contributed by atoms with van der Waals surface area (Å²) in [6, 6.07) is 0. The van der Waals surface area contributed by atoms with E-state index in [2.05, 4.69) is 6.92 Å². The summed E-state index contributed by atoms with van der Waals surface area (Å²) in [5.41, 5.74) is 5.88. The third kappa shape index (κ3) is 2.67. The van der Waals surface area contributed by atoms with Crippen molar-refractivity contribution in [1.29, 1.82) is 0 Å². The van der Waals surface area contributed by atoms with Crippen LogP contribution >= 0.6 is 0 Å². The van der Waals surface area contributed by atoms with E-state index in [1.54, 1.807) is 0 Å². The van der Waals surface area contributed by atoms with Crippen LogP contribution in [0.5, 0.6) is 0 Å². The highest BCUT2D eigenvalue weighted by Crippen LogP contribution is 2.32. The van der Waals surface area contributed by atoms with E-state index in [-0.39, 0.29) is 5.54 Å². The average Bonchev–Trinajstić information content (AvgIpc) is 2.62. The van der Waals surface area contributed by atoms with Crippen molar-refractivity contribution in [3.8, 4) is 0 Å². The molecule has 1 rings (SSSR count). The summed E-state index contributed by atoms with van der Waals surface area (Å²) < 4.78 is 5.38. The third-order valence-corrected chi connectivity index (χ3v) is 1.92. The van der Waals surface area contributed by atoms with Crippen molar-refractivity contribution < 1.29 is 4.74 Å². The molecule has 0 aromatic rings. The number of ether oxygens (including phenoxy) is 1. The van der Waals surface area contributed by atoms with Gasteiger partial charge in [0, 0.05) is 12.1 Å². The molecule has 1 aliphatic rings. The summed E-state index contributed by atoms with van der Waals surface area (Å²) in [6.45, 7) is 3.82. The van der Waals surface area contributed by atoms with Crippen LogP contribution < -0.4 is 5.73 Å². The molecule has 0 atom stereocenters. The van der Waals surface area contributed by atoms with E-state index in [9.17, 15) is 0 Å². The SMILES string of the molecule is CCCCOCC1(N)CC1. The molecular formula is C8H17NO. The number of rotatable bonds is 5. The summed E-state index contributed by atoms with van der Waals surface area (Å²) in [5.74, 6) is 0. The van der Waals surface area contributed by atoms with Gasteiger partial charge in [-0.1, -0.05) is 13.3 Å². The first-order valence-electron chi connectivity index (χ1n) is 4.13. The number of hydrogen-bond acceptors (Lipinski definition) is 2. The van der Waals surface area contributed by atoms with Crippen molar-refractivity contribution >= 4 is 0 Å². The van der Waals surface area contributed by atoms with Gasteiger partial charge in [0.15, 0.2) is 0 Å². The first kappa shape index (κ1) is 8.02. The van der Waals surface area contributed by atoms with Crippen molar-refractivity contribution in [1.82, 2.24) is 0 Å². The van der Waals surface area contributed by atoms with Crippen LogP contribution in [0.2, 0.25) is 0 Å². The second-order valence-electron chi connectivity index (χ2n) is 3.27. The minimum atomic E-state index is 0.0771. The van der Waals surface area contributed by atoms with Crippen LogP contribution in [-0.2, 0) is 4.74 Å². The molecule has 60 valence electrons. The quantitative estimate of drug-likeness (QED) is 0.589. The Labute approximate surface area is 62.7 Å². The molecule has 0 radical (unpaired) electrons. The third-order valence-electron chi connectivity index (χ3n) is 1.92. The Kier molecular flexibility index (Phi) is 2.69. The lowest BCUT2D eigenvalue weighted by molar-refractivity contribution is 0.112. The maximum atomic E-state index is 5.80. The highest BCUT2D eigenvalue weighted by Gasteiger charge is 2.38. The van der Waals surface area contributed by atoms with Gasteiger partial charge in [0.2, 0.25) is 0 Å². The van der Waals surface area contributed by atoms with Gasteiger partial charge in [-0.2, -0.15) is 0 Å². The van der Waals surface area contributed by atoms with Gasteiger partial charge in [0.05, 0.1) is 6.61 Å². The van der Waals surface area contributed by atoms with Crippen molar-refractivity contribution in [2.45, 2.75) is 38.1 Å². The lowest BCUT2D eigenvalue weighted by Crippen LogP contribution is -2.28. The van der Waals surface area contributed by atoms with E-state index < -0.39 is 0 Å². The zero-order valence-electron chi connectivity index (χ0n) is 6.73. The number of unbranched alkanes of at least 4 members (excludes halogenated alkanes) is 1. The van der Waals surface area contributed by atoms with Gasteiger partial charge in [-0.3, -0.25) is 0 Å². The van der Waals surface area contributed by atoms with Gasteiger partial charge >= 0.3 is 0 Å². The van der Waals surface area contributed by atoms with E-state index in [0.717, 1.165) is 32.5 Å². The maximum absolute atomic E-state index is 5.80. The van der Waals surface area contributed by atoms with E-state index >= 15 is 0 Å². The summed E-state index contributed by atoms with van der Waals surface area (Å²) in [6.07, 6.45) is 4.67. The van der Waals surface area contributed by atoms with E-state index in [4.69, 9.17) is 10.5 Å². The lowest BCUT2D eigenvalue weighted by atomic mass is 10.3. The van der Waals surface area contributed by atoms with Crippen LogP contribution in [0.3, 0.4) is 0 Å². The Balaban J connectivity index is 1.86. The fraction of sp³-hybridized carbons (Fsp3) is 1.00. The molecule has 1 aliphatic carbocycles. The molecular weight excluding hydrogens is 126 g/mol. The van der Waals surface area contributed by atoms with Gasteiger partial charge in [-0.05, 0) is 19.3 Å². The van der Waals surface area contributed by atoms with Crippen LogP contribution in [-0.4, -0.2) is 18.8 Å².